The van der Waals surface area contributed by atoms with Gasteiger partial charge in [-0.25, -0.2) is 8.42 Å². The third-order valence-corrected chi connectivity index (χ3v) is 7.45. The van der Waals surface area contributed by atoms with Gasteiger partial charge in [0.1, 0.15) is 5.75 Å². The molecule has 0 saturated carbocycles. The number of carbonyl (C=O) groups is 1. The molecule has 1 N–H and O–H groups in total. The van der Waals surface area contributed by atoms with E-state index in [0.717, 1.165) is 37.1 Å². The third-order valence-electron chi connectivity index (χ3n) is 5.55. The van der Waals surface area contributed by atoms with Crippen LogP contribution in [0.4, 0.5) is 0 Å². The number of aryl methyl sites for hydroxylation is 3. The van der Waals surface area contributed by atoms with Crippen molar-refractivity contribution in [2.24, 2.45) is 0 Å². The number of benzene rings is 1. The van der Waals surface area contributed by atoms with Crippen molar-refractivity contribution in [1.29, 1.82) is 0 Å². The lowest BCUT2D eigenvalue weighted by Gasteiger charge is -2.20. The van der Waals surface area contributed by atoms with E-state index in [1.54, 1.807) is 6.07 Å². The maximum atomic E-state index is 13.1. The highest BCUT2D eigenvalue weighted by Crippen LogP contribution is 2.26. The van der Waals surface area contributed by atoms with E-state index < -0.39 is 10.0 Å². The van der Waals surface area contributed by atoms with Crippen LogP contribution in [0.15, 0.2) is 29.2 Å². The molecule has 2 aromatic rings. The van der Waals surface area contributed by atoms with Gasteiger partial charge >= 0.3 is 0 Å². The van der Waals surface area contributed by atoms with Crippen molar-refractivity contribution in [3.05, 3.63) is 41.2 Å². The summed E-state index contributed by atoms with van der Waals surface area (Å²) in [4.78, 5) is 12.9. The molecule has 2 heterocycles. The van der Waals surface area contributed by atoms with Crippen LogP contribution in [0.25, 0.3) is 0 Å². The second-order valence-corrected chi connectivity index (χ2v) is 9.88. The maximum absolute atomic E-state index is 13.1. The fraction of sp³-hybridized carbons (Fsp3) is 0.545. The predicted molar refractivity (Wildman–Crippen MR) is 119 cm³/mol. The van der Waals surface area contributed by atoms with E-state index >= 15 is 0 Å². The minimum absolute atomic E-state index is 0.128. The van der Waals surface area contributed by atoms with Gasteiger partial charge in [0.05, 0.1) is 23.3 Å². The van der Waals surface area contributed by atoms with Gasteiger partial charge in [-0.2, -0.15) is 9.40 Å². The fourth-order valence-corrected chi connectivity index (χ4v) is 5.43. The van der Waals surface area contributed by atoms with Crippen molar-refractivity contribution in [3.63, 3.8) is 0 Å². The Morgan fingerprint density at radius 2 is 1.84 bits per heavy atom. The normalized spacial score (nSPS) is 15.5. The largest absolute Gasteiger partial charge is 0.496 e. The summed E-state index contributed by atoms with van der Waals surface area (Å²) in [6, 6.07) is 6.50. The maximum Gasteiger partial charge on any atom is 0.255 e. The Balaban J connectivity index is 1.69. The number of amides is 1. The van der Waals surface area contributed by atoms with Gasteiger partial charge < -0.3 is 10.1 Å². The molecule has 1 saturated heterocycles. The number of hydrogen-bond acceptors (Lipinski definition) is 5. The van der Waals surface area contributed by atoms with Gasteiger partial charge in [0.15, 0.2) is 0 Å². The first-order valence-electron chi connectivity index (χ1n) is 10.8. The molecule has 1 aliphatic rings. The highest BCUT2D eigenvalue weighted by Gasteiger charge is 2.27. The molecule has 3 rings (SSSR count). The number of rotatable bonds is 8. The van der Waals surface area contributed by atoms with Gasteiger partial charge in [-0.15, -0.1) is 0 Å². The van der Waals surface area contributed by atoms with E-state index in [-0.39, 0.29) is 16.4 Å². The number of hydrogen-bond donors (Lipinski definition) is 1. The Morgan fingerprint density at radius 1 is 1.13 bits per heavy atom. The molecule has 8 nitrogen and oxygen atoms in total. The summed E-state index contributed by atoms with van der Waals surface area (Å²) in [6.45, 7) is 6.12. The van der Waals surface area contributed by atoms with Crippen molar-refractivity contribution >= 4 is 15.9 Å². The number of sulfonamides is 1. The molecule has 1 fully saturated rings. The monoisotopic (exact) mass is 448 g/mol. The third kappa shape index (κ3) is 5.65. The molecule has 1 aromatic carbocycles. The Bertz CT molecular complexity index is 1010. The zero-order valence-corrected chi connectivity index (χ0v) is 19.4. The average molecular weight is 449 g/mol. The highest BCUT2D eigenvalue weighted by atomic mass is 32.2. The van der Waals surface area contributed by atoms with Gasteiger partial charge in [0.25, 0.3) is 5.91 Å². The summed E-state index contributed by atoms with van der Waals surface area (Å²) >= 11 is 0. The van der Waals surface area contributed by atoms with Gasteiger partial charge in [0, 0.05) is 31.9 Å². The minimum atomic E-state index is -3.64. The second-order valence-electron chi connectivity index (χ2n) is 7.94. The van der Waals surface area contributed by atoms with Crippen molar-refractivity contribution in [2.75, 3.05) is 26.7 Å². The zero-order valence-electron chi connectivity index (χ0n) is 18.6. The molecule has 31 heavy (non-hydrogen) atoms. The van der Waals surface area contributed by atoms with Gasteiger partial charge in [-0.05, 0) is 57.4 Å². The number of methoxy groups -OCH3 is 1. The van der Waals surface area contributed by atoms with Crippen LogP contribution in [0.1, 0.15) is 53.8 Å². The Hall–Kier alpha value is -2.39. The number of ether oxygens (including phenoxy) is 1. The van der Waals surface area contributed by atoms with Crippen LogP contribution in [0.5, 0.6) is 5.75 Å². The van der Waals surface area contributed by atoms with Gasteiger partial charge in [-0.1, -0.05) is 12.8 Å². The van der Waals surface area contributed by atoms with Crippen LogP contribution in [-0.2, 0) is 16.6 Å². The summed E-state index contributed by atoms with van der Waals surface area (Å²) in [5.74, 6) is 0.00370. The van der Waals surface area contributed by atoms with Crippen molar-refractivity contribution < 1.29 is 17.9 Å². The smallest absolute Gasteiger partial charge is 0.255 e. The Labute approximate surface area is 184 Å². The van der Waals surface area contributed by atoms with Crippen molar-refractivity contribution in [3.8, 4) is 5.75 Å². The van der Waals surface area contributed by atoms with E-state index in [1.807, 2.05) is 24.6 Å². The Morgan fingerprint density at radius 3 is 2.45 bits per heavy atom. The summed E-state index contributed by atoms with van der Waals surface area (Å²) in [6.07, 6.45) is 4.51. The van der Waals surface area contributed by atoms with Crippen LogP contribution in [0, 0.1) is 13.8 Å². The summed E-state index contributed by atoms with van der Waals surface area (Å²) in [5.41, 5.74) is 2.27. The molecule has 170 valence electrons. The first-order valence-corrected chi connectivity index (χ1v) is 12.2. The molecule has 0 bridgehead atoms. The van der Waals surface area contributed by atoms with Crippen molar-refractivity contribution in [2.45, 2.75) is 57.4 Å². The predicted octanol–water partition coefficient (Wildman–Crippen LogP) is 2.89. The average Bonchev–Trinajstić information content (AvgIpc) is 2.94. The lowest BCUT2D eigenvalue weighted by molar-refractivity contribution is 0.0949. The molecule has 0 aliphatic carbocycles. The van der Waals surface area contributed by atoms with E-state index in [0.29, 0.717) is 38.3 Å². The molecule has 0 spiro atoms. The topological polar surface area (TPSA) is 93.5 Å². The molecule has 9 heteroatoms. The van der Waals surface area contributed by atoms with Crippen LogP contribution in [0.2, 0.25) is 0 Å². The first-order chi connectivity index (χ1) is 14.8. The highest BCUT2D eigenvalue weighted by molar-refractivity contribution is 7.89. The van der Waals surface area contributed by atoms with Crippen LogP contribution in [0.3, 0.4) is 0 Å². The molecule has 0 radical (unpaired) electrons. The van der Waals surface area contributed by atoms with Crippen molar-refractivity contribution in [1.82, 2.24) is 19.4 Å². The molecule has 0 atom stereocenters. The molecule has 1 aromatic heterocycles. The number of nitrogens with zero attached hydrogens (tertiary/aromatic N) is 3. The summed E-state index contributed by atoms with van der Waals surface area (Å²) in [7, 11) is -2.17. The number of aromatic nitrogens is 2. The lowest BCUT2D eigenvalue weighted by Crippen LogP contribution is -2.32. The van der Waals surface area contributed by atoms with Gasteiger partial charge in [0.2, 0.25) is 10.0 Å². The van der Waals surface area contributed by atoms with Gasteiger partial charge in [-0.3, -0.25) is 9.48 Å². The minimum Gasteiger partial charge on any atom is -0.496 e. The summed E-state index contributed by atoms with van der Waals surface area (Å²) in [5, 5.41) is 7.28. The lowest BCUT2D eigenvalue weighted by atomic mass is 10.2. The first kappa shape index (κ1) is 23.3. The number of nitrogens with one attached hydrogen (secondary N) is 1. The molecule has 0 unspecified atom stereocenters. The zero-order chi connectivity index (χ0) is 22.4. The molecule has 1 aliphatic heterocycles. The van der Waals surface area contributed by atoms with E-state index in [4.69, 9.17) is 4.74 Å². The fourth-order valence-electron chi connectivity index (χ4n) is 3.88. The second kappa shape index (κ2) is 10.3. The number of carbonyl (C=O) groups excluding carboxylic acids is 1. The quantitative estimate of drug-likeness (QED) is 0.627. The SMILES string of the molecule is COc1ccc(S(=O)(=O)N2CCCCCC2)cc1C(=O)NCCCn1nc(C)cc1C. The molecular weight excluding hydrogens is 416 g/mol. The molecule has 1 amide bonds. The summed E-state index contributed by atoms with van der Waals surface area (Å²) < 4.78 is 35.0. The molecular formula is C22H32N4O4S. The Kier molecular flexibility index (Phi) is 7.72. The van der Waals surface area contributed by atoms with E-state index in [9.17, 15) is 13.2 Å². The van der Waals surface area contributed by atoms with Crippen LogP contribution < -0.4 is 10.1 Å². The van der Waals surface area contributed by atoms with Crippen LogP contribution >= 0.6 is 0 Å². The standard InChI is InChI=1S/C22H32N4O4S/c1-17-15-18(2)26(24-17)14-8-11-23-22(27)20-16-19(9-10-21(20)30-3)31(28,29)25-12-6-4-5-7-13-25/h9-10,15-16H,4-8,11-14H2,1-3H3,(H,23,27). The van der Waals surface area contributed by atoms with E-state index in [1.165, 1.54) is 23.5 Å². The van der Waals surface area contributed by atoms with Crippen LogP contribution in [-0.4, -0.2) is 55.2 Å². The van der Waals surface area contributed by atoms with E-state index in [2.05, 4.69) is 10.4 Å².